The van der Waals surface area contributed by atoms with Crippen LogP contribution in [0.4, 0.5) is 15.8 Å². The third-order valence-electron chi connectivity index (χ3n) is 6.74. The van der Waals surface area contributed by atoms with Crippen LogP contribution in [0.3, 0.4) is 0 Å². The number of para-hydroxylation sites is 2. The van der Waals surface area contributed by atoms with Crippen molar-refractivity contribution in [3.63, 3.8) is 0 Å². The number of carbonyl (C=O) groups is 2. The minimum Gasteiger partial charge on any atom is -0.322 e. The number of halogens is 1. The second-order valence-corrected chi connectivity index (χ2v) is 10.0. The predicted octanol–water partition coefficient (Wildman–Crippen LogP) is 3.36. The molecule has 38 heavy (non-hydrogen) atoms. The van der Waals surface area contributed by atoms with Gasteiger partial charge in [0.15, 0.2) is 4.80 Å². The molecule has 2 aliphatic heterocycles. The molecular weight excluding hydrogens is 503 g/mol. The van der Waals surface area contributed by atoms with Gasteiger partial charge in [-0.05, 0) is 42.8 Å². The van der Waals surface area contributed by atoms with Crippen LogP contribution < -0.4 is 25.1 Å². The highest BCUT2D eigenvalue weighted by Gasteiger charge is 2.35. The van der Waals surface area contributed by atoms with Gasteiger partial charge in [0.2, 0.25) is 0 Å². The normalized spacial score (nSPS) is 17.7. The van der Waals surface area contributed by atoms with Gasteiger partial charge in [-0.3, -0.25) is 19.0 Å². The Bertz CT molecular complexity index is 1840. The summed E-state index contributed by atoms with van der Waals surface area (Å²) in [5.41, 5.74) is 3.09. The van der Waals surface area contributed by atoms with Gasteiger partial charge in [-0.15, -0.1) is 0 Å². The second kappa shape index (κ2) is 9.04. The monoisotopic (exact) mass is 524 g/mol. The van der Waals surface area contributed by atoms with Crippen molar-refractivity contribution in [1.82, 2.24) is 4.57 Å². The topological polar surface area (TPSA) is 83.8 Å². The van der Waals surface area contributed by atoms with Crippen LogP contribution in [0, 0.1) is 5.82 Å². The van der Waals surface area contributed by atoms with E-state index in [0.29, 0.717) is 38.6 Å². The lowest BCUT2D eigenvalue weighted by Gasteiger charge is -2.25. The number of carbonyl (C=O) groups excluding carboxylic acids is 2. The van der Waals surface area contributed by atoms with E-state index in [2.05, 4.69) is 10.3 Å². The molecule has 0 saturated heterocycles. The maximum Gasteiger partial charge on any atom is 0.271 e. The Hall–Kier alpha value is -4.63. The molecule has 6 rings (SSSR count). The lowest BCUT2D eigenvalue weighted by molar-refractivity contribution is -0.113. The molecule has 0 bridgehead atoms. The molecular formula is C29H21FN4O3S. The molecule has 0 aliphatic carbocycles. The standard InChI is InChI=1S/C29H21FN4O3S/c1-16-22(26(35)32-19-8-4-3-5-9-19)24(17-12-14-18(30)15-13-17)34-28(37)25(38-29(34)31-16)23-20-10-6-7-11-21(20)33(2)27(23)36/h3-15,24H,1-2H3,(H,32,35)/b25-23-/t24-/m1/s1. The number of thiazole rings is 1. The van der Waals surface area contributed by atoms with Gasteiger partial charge in [0.25, 0.3) is 17.4 Å². The number of aromatic nitrogens is 1. The number of nitrogens with one attached hydrogen (secondary N) is 1. The molecule has 0 spiro atoms. The number of benzene rings is 3. The van der Waals surface area contributed by atoms with Crippen molar-refractivity contribution in [2.24, 2.45) is 4.99 Å². The summed E-state index contributed by atoms with van der Waals surface area (Å²) in [4.78, 5) is 47.4. The number of allylic oxidation sites excluding steroid dienone is 1. The van der Waals surface area contributed by atoms with Crippen LogP contribution in [0.2, 0.25) is 0 Å². The molecule has 4 aromatic rings. The molecule has 3 heterocycles. The maximum atomic E-state index is 14.0. The van der Waals surface area contributed by atoms with Crippen molar-refractivity contribution in [1.29, 1.82) is 0 Å². The van der Waals surface area contributed by atoms with Crippen LogP contribution in [-0.2, 0) is 9.59 Å². The maximum absolute atomic E-state index is 14.0. The largest absolute Gasteiger partial charge is 0.322 e. The van der Waals surface area contributed by atoms with Crippen molar-refractivity contribution in [3.05, 3.63) is 127 Å². The zero-order valence-corrected chi connectivity index (χ0v) is 21.3. The Balaban J connectivity index is 1.59. The molecule has 0 saturated carbocycles. The molecule has 0 unspecified atom stereocenters. The van der Waals surface area contributed by atoms with E-state index in [1.165, 1.54) is 21.6 Å². The van der Waals surface area contributed by atoms with Gasteiger partial charge in [-0.25, -0.2) is 9.38 Å². The lowest BCUT2D eigenvalue weighted by Crippen LogP contribution is -2.41. The van der Waals surface area contributed by atoms with Gasteiger partial charge in [0, 0.05) is 18.3 Å². The molecule has 1 atom stereocenters. The summed E-state index contributed by atoms with van der Waals surface area (Å²) < 4.78 is 15.5. The van der Waals surface area contributed by atoms with Crippen LogP contribution >= 0.6 is 11.3 Å². The van der Waals surface area contributed by atoms with Crippen LogP contribution in [0.5, 0.6) is 0 Å². The fourth-order valence-corrected chi connectivity index (χ4v) is 6.07. The van der Waals surface area contributed by atoms with Crippen molar-refractivity contribution < 1.29 is 14.0 Å². The first-order valence-electron chi connectivity index (χ1n) is 11.9. The summed E-state index contributed by atoms with van der Waals surface area (Å²) in [7, 11) is 1.67. The van der Waals surface area contributed by atoms with Crippen molar-refractivity contribution in [2.75, 3.05) is 17.3 Å². The first kappa shape index (κ1) is 23.7. The number of fused-ring (bicyclic) bond motifs is 2. The van der Waals surface area contributed by atoms with E-state index in [1.54, 1.807) is 50.4 Å². The first-order valence-corrected chi connectivity index (χ1v) is 12.7. The summed E-state index contributed by atoms with van der Waals surface area (Å²) >= 11 is 1.11. The van der Waals surface area contributed by atoms with Gasteiger partial charge in [-0.1, -0.05) is 59.9 Å². The summed E-state index contributed by atoms with van der Waals surface area (Å²) in [6.07, 6.45) is 0. The van der Waals surface area contributed by atoms with E-state index in [9.17, 15) is 18.8 Å². The summed E-state index contributed by atoms with van der Waals surface area (Å²) in [5.74, 6) is -1.14. The van der Waals surface area contributed by atoms with Gasteiger partial charge < -0.3 is 10.2 Å². The number of hydrogen-bond acceptors (Lipinski definition) is 5. The molecule has 3 aromatic carbocycles. The minimum absolute atomic E-state index is 0.246. The number of anilines is 2. The SMILES string of the molecule is CC1=C(C(=O)Nc2ccccc2)[C@@H](c2ccc(F)cc2)n2c(s/c(=C3\C(=O)N(C)c4ccccc43)c2=O)=N1. The van der Waals surface area contributed by atoms with E-state index in [-0.39, 0.29) is 16.0 Å². The number of likely N-dealkylation sites (N-methyl/N-ethyl adjacent to an activating group) is 1. The molecule has 2 aliphatic rings. The fourth-order valence-electron chi connectivity index (χ4n) is 4.93. The van der Waals surface area contributed by atoms with Gasteiger partial charge >= 0.3 is 0 Å². The summed E-state index contributed by atoms with van der Waals surface area (Å²) in [6.45, 7) is 1.71. The van der Waals surface area contributed by atoms with Crippen LogP contribution in [-0.4, -0.2) is 23.4 Å². The van der Waals surface area contributed by atoms with E-state index in [4.69, 9.17) is 0 Å². The van der Waals surface area contributed by atoms with Gasteiger partial charge in [-0.2, -0.15) is 0 Å². The molecule has 0 radical (unpaired) electrons. The number of rotatable bonds is 3. The zero-order chi connectivity index (χ0) is 26.6. The highest BCUT2D eigenvalue weighted by atomic mass is 32.1. The average Bonchev–Trinajstić information content (AvgIpc) is 3.36. The summed E-state index contributed by atoms with van der Waals surface area (Å²) in [6, 6.07) is 21.1. The summed E-state index contributed by atoms with van der Waals surface area (Å²) in [5, 5.41) is 2.88. The van der Waals surface area contributed by atoms with Gasteiger partial charge in [0.1, 0.15) is 10.3 Å². The average molecular weight is 525 g/mol. The smallest absolute Gasteiger partial charge is 0.271 e. The Morgan fingerprint density at radius 2 is 1.66 bits per heavy atom. The molecule has 9 heteroatoms. The third-order valence-corrected chi connectivity index (χ3v) is 7.79. The molecule has 1 aromatic heterocycles. The Labute approximate surface area is 220 Å². The predicted molar refractivity (Wildman–Crippen MR) is 144 cm³/mol. The van der Waals surface area contributed by atoms with E-state index in [1.807, 2.05) is 30.3 Å². The third kappa shape index (κ3) is 3.71. The molecule has 0 fully saturated rings. The zero-order valence-electron chi connectivity index (χ0n) is 20.4. The quantitative estimate of drug-likeness (QED) is 0.446. The van der Waals surface area contributed by atoms with Crippen molar-refractivity contribution in [2.45, 2.75) is 13.0 Å². The number of hydrogen-bond donors (Lipinski definition) is 1. The Morgan fingerprint density at radius 3 is 2.39 bits per heavy atom. The lowest BCUT2D eigenvalue weighted by atomic mass is 9.95. The minimum atomic E-state index is -0.866. The van der Waals surface area contributed by atoms with Crippen LogP contribution in [0.15, 0.2) is 99.9 Å². The van der Waals surface area contributed by atoms with E-state index >= 15 is 0 Å². The Kier molecular flexibility index (Phi) is 5.65. The molecule has 188 valence electrons. The van der Waals surface area contributed by atoms with Crippen LogP contribution in [0.1, 0.15) is 24.1 Å². The second-order valence-electron chi connectivity index (χ2n) is 9.03. The number of nitrogens with zero attached hydrogens (tertiary/aromatic N) is 3. The first-order chi connectivity index (χ1) is 18.3. The fraction of sp³-hybridized carbons (Fsp3) is 0.103. The van der Waals surface area contributed by atoms with E-state index < -0.39 is 23.3 Å². The molecule has 7 nitrogen and oxygen atoms in total. The van der Waals surface area contributed by atoms with E-state index in [0.717, 1.165) is 11.3 Å². The number of amides is 2. The van der Waals surface area contributed by atoms with Crippen LogP contribution in [0.25, 0.3) is 5.57 Å². The molecule has 2 amide bonds. The van der Waals surface area contributed by atoms with Gasteiger partial charge in [0.05, 0.1) is 28.6 Å². The highest BCUT2D eigenvalue weighted by Crippen LogP contribution is 2.34. The van der Waals surface area contributed by atoms with Crippen molar-refractivity contribution >= 4 is 40.1 Å². The Morgan fingerprint density at radius 1 is 0.974 bits per heavy atom. The highest BCUT2D eigenvalue weighted by molar-refractivity contribution is 7.07. The van der Waals surface area contributed by atoms with Crippen molar-refractivity contribution in [3.8, 4) is 0 Å². The molecule has 1 N–H and O–H groups in total.